The van der Waals surface area contributed by atoms with Crippen molar-refractivity contribution < 1.29 is 23.1 Å². The molecule has 1 amide bonds. The lowest BCUT2D eigenvalue weighted by Crippen LogP contribution is -2.42. The highest BCUT2D eigenvalue weighted by molar-refractivity contribution is 5.95. The highest BCUT2D eigenvalue weighted by Crippen LogP contribution is 2.34. The Kier molecular flexibility index (Phi) is 3.78. The maximum atomic E-state index is 12.5. The Balaban J connectivity index is 2.03. The van der Waals surface area contributed by atoms with Crippen molar-refractivity contribution in [2.24, 2.45) is 5.92 Å². The van der Waals surface area contributed by atoms with Crippen LogP contribution in [0.4, 0.5) is 18.9 Å². The Labute approximate surface area is 114 Å². The fourth-order valence-corrected chi connectivity index (χ4v) is 2.27. The van der Waals surface area contributed by atoms with E-state index in [-0.39, 0.29) is 48.8 Å². The molecule has 1 aromatic carbocycles. The molecule has 4 nitrogen and oxygen atoms in total. The number of anilines is 1. The number of phenolic OH excluding ortho intramolecular Hbond substituents is 1. The topological polar surface area (TPSA) is 66.6 Å². The monoisotopic (exact) mass is 288 g/mol. The molecule has 1 fully saturated rings. The van der Waals surface area contributed by atoms with Gasteiger partial charge in [-0.25, -0.2) is 0 Å². The number of hydrogen-bond acceptors (Lipinski definition) is 3. The number of hydrogen-bond donors (Lipinski definition) is 2. The summed E-state index contributed by atoms with van der Waals surface area (Å²) in [5.41, 5.74) is 5.81. The van der Waals surface area contributed by atoms with Crippen LogP contribution in [-0.4, -0.2) is 35.2 Å². The SMILES string of the molecule is Nc1ccc(C(=O)N2CCC(C(F)(F)F)CC2)cc1O. The molecule has 0 spiro atoms. The molecular formula is C13H15F3N2O2. The molecular weight excluding hydrogens is 273 g/mol. The van der Waals surface area contributed by atoms with Gasteiger partial charge in [-0.15, -0.1) is 0 Å². The fourth-order valence-electron chi connectivity index (χ4n) is 2.27. The fraction of sp³-hybridized carbons (Fsp3) is 0.462. The van der Waals surface area contributed by atoms with Crippen LogP contribution >= 0.6 is 0 Å². The van der Waals surface area contributed by atoms with E-state index < -0.39 is 12.1 Å². The van der Waals surface area contributed by atoms with Crippen LogP contribution in [0.15, 0.2) is 18.2 Å². The first-order valence-corrected chi connectivity index (χ1v) is 6.23. The summed E-state index contributed by atoms with van der Waals surface area (Å²) < 4.78 is 37.6. The van der Waals surface area contributed by atoms with Gasteiger partial charge in [0.1, 0.15) is 5.75 Å². The molecule has 0 unspecified atom stereocenters. The minimum Gasteiger partial charge on any atom is -0.506 e. The first kappa shape index (κ1) is 14.5. The number of nitrogen functional groups attached to an aromatic ring is 1. The summed E-state index contributed by atoms with van der Waals surface area (Å²) >= 11 is 0. The second-order valence-electron chi connectivity index (χ2n) is 4.88. The van der Waals surface area contributed by atoms with Crippen LogP contribution in [-0.2, 0) is 0 Å². The maximum Gasteiger partial charge on any atom is 0.391 e. The van der Waals surface area contributed by atoms with E-state index in [1.54, 1.807) is 0 Å². The molecule has 2 rings (SSSR count). The Morgan fingerprint density at radius 1 is 1.30 bits per heavy atom. The molecule has 0 bridgehead atoms. The standard InChI is InChI=1S/C13H15F3N2O2/c14-13(15,16)9-3-5-18(6-4-9)12(20)8-1-2-10(17)11(19)7-8/h1-2,7,9,19H,3-6,17H2. The van der Waals surface area contributed by atoms with Crippen LogP contribution in [0.2, 0.25) is 0 Å². The number of carbonyl (C=O) groups is 1. The van der Waals surface area contributed by atoms with E-state index in [4.69, 9.17) is 5.73 Å². The molecule has 110 valence electrons. The third-order valence-electron chi connectivity index (χ3n) is 3.52. The quantitative estimate of drug-likeness (QED) is 0.616. The van der Waals surface area contributed by atoms with Crippen LogP contribution in [0.25, 0.3) is 0 Å². The average molecular weight is 288 g/mol. The van der Waals surface area contributed by atoms with Gasteiger partial charge in [-0.2, -0.15) is 13.2 Å². The van der Waals surface area contributed by atoms with E-state index in [0.717, 1.165) is 0 Å². The van der Waals surface area contributed by atoms with Crippen molar-refractivity contribution in [3.8, 4) is 5.75 Å². The van der Waals surface area contributed by atoms with Gasteiger partial charge < -0.3 is 15.7 Å². The molecule has 1 aromatic rings. The number of halogens is 3. The molecule has 0 atom stereocenters. The highest BCUT2D eigenvalue weighted by atomic mass is 19.4. The smallest absolute Gasteiger partial charge is 0.391 e. The number of benzene rings is 1. The molecule has 1 heterocycles. The average Bonchev–Trinajstić information content (AvgIpc) is 2.40. The van der Waals surface area contributed by atoms with E-state index >= 15 is 0 Å². The molecule has 1 aliphatic heterocycles. The van der Waals surface area contributed by atoms with Crippen LogP contribution in [0.5, 0.6) is 5.75 Å². The first-order valence-electron chi connectivity index (χ1n) is 6.23. The number of nitrogens with two attached hydrogens (primary N) is 1. The number of likely N-dealkylation sites (tertiary alicyclic amines) is 1. The van der Waals surface area contributed by atoms with Crippen molar-refractivity contribution in [3.05, 3.63) is 23.8 Å². The maximum absolute atomic E-state index is 12.5. The van der Waals surface area contributed by atoms with Crippen LogP contribution < -0.4 is 5.73 Å². The zero-order valence-corrected chi connectivity index (χ0v) is 10.7. The summed E-state index contributed by atoms with van der Waals surface area (Å²) in [6.45, 7) is 0.127. The minimum absolute atomic E-state index is 0.0636. The molecule has 7 heteroatoms. The van der Waals surface area contributed by atoms with Gasteiger partial charge in [-0.05, 0) is 31.0 Å². The molecule has 20 heavy (non-hydrogen) atoms. The lowest BCUT2D eigenvalue weighted by Gasteiger charge is -2.33. The van der Waals surface area contributed by atoms with Crippen molar-refractivity contribution in [3.63, 3.8) is 0 Å². The molecule has 1 aliphatic rings. The molecule has 0 radical (unpaired) electrons. The second kappa shape index (κ2) is 5.22. The zero-order chi connectivity index (χ0) is 14.9. The number of nitrogens with zero attached hydrogens (tertiary/aromatic N) is 1. The van der Waals surface area contributed by atoms with Gasteiger partial charge in [0.05, 0.1) is 11.6 Å². The van der Waals surface area contributed by atoms with E-state index in [2.05, 4.69) is 0 Å². The Morgan fingerprint density at radius 3 is 2.40 bits per heavy atom. The third kappa shape index (κ3) is 2.97. The van der Waals surface area contributed by atoms with Crippen LogP contribution in [0.3, 0.4) is 0 Å². The van der Waals surface area contributed by atoms with Gasteiger partial charge in [0.25, 0.3) is 5.91 Å². The van der Waals surface area contributed by atoms with Gasteiger partial charge >= 0.3 is 6.18 Å². The first-order chi connectivity index (χ1) is 9.29. The van der Waals surface area contributed by atoms with E-state index in [1.807, 2.05) is 0 Å². The highest BCUT2D eigenvalue weighted by Gasteiger charge is 2.41. The van der Waals surface area contributed by atoms with Crippen molar-refractivity contribution in [1.29, 1.82) is 0 Å². The van der Waals surface area contributed by atoms with E-state index in [1.165, 1.54) is 23.1 Å². The number of piperidine rings is 1. The molecule has 0 saturated carbocycles. The number of carbonyl (C=O) groups excluding carboxylic acids is 1. The Morgan fingerprint density at radius 2 is 1.90 bits per heavy atom. The number of amides is 1. The molecule has 3 N–H and O–H groups in total. The van der Waals surface area contributed by atoms with E-state index in [9.17, 15) is 23.1 Å². The molecule has 1 saturated heterocycles. The lowest BCUT2D eigenvalue weighted by atomic mass is 9.96. The van der Waals surface area contributed by atoms with Gasteiger partial charge in [0.15, 0.2) is 0 Å². The molecule has 0 aliphatic carbocycles. The van der Waals surface area contributed by atoms with E-state index in [0.29, 0.717) is 0 Å². The number of alkyl halides is 3. The van der Waals surface area contributed by atoms with Crippen LogP contribution in [0, 0.1) is 5.92 Å². The zero-order valence-electron chi connectivity index (χ0n) is 10.7. The van der Waals surface area contributed by atoms with Crippen molar-refractivity contribution >= 4 is 11.6 Å². The van der Waals surface area contributed by atoms with Crippen LogP contribution in [0.1, 0.15) is 23.2 Å². The summed E-state index contributed by atoms with van der Waals surface area (Å²) in [5.74, 6) is -1.94. The number of rotatable bonds is 1. The van der Waals surface area contributed by atoms with Gasteiger partial charge in [0.2, 0.25) is 0 Å². The predicted molar refractivity (Wildman–Crippen MR) is 67.2 cm³/mol. The largest absolute Gasteiger partial charge is 0.506 e. The summed E-state index contributed by atoms with van der Waals surface area (Å²) in [5, 5.41) is 9.45. The number of phenols is 1. The minimum atomic E-state index is -4.20. The predicted octanol–water partition coefficient (Wildman–Crippen LogP) is 2.39. The van der Waals surface area contributed by atoms with Gasteiger partial charge in [-0.3, -0.25) is 4.79 Å². The summed E-state index contributed by atoms with van der Waals surface area (Å²) in [4.78, 5) is 13.5. The summed E-state index contributed by atoms with van der Waals surface area (Å²) in [6.07, 6.45) is -4.37. The van der Waals surface area contributed by atoms with Gasteiger partial charge in [0, 0.05) is 18.7 Å². The summed E-state index contributed by atoms with van der Waals surface area (Å²) in [6, 6.07) is 4.08. The third-order valence-corrected chi connectivity index (χ3v) is 3.52. The summed E-state index contributed by atoms with van der Waals surface area (Å²) in [7, 11) is 0. The van der Waals surface area contributed by atoms with Gasteiger partial charge in [-0.1, -0.05) is 0 Å². The lowest BCUT2D eigenvalue weighted by molar-refractivity contribution is -0.183. The normalized spacial score (nSPS) is 17.2. The number of aromatic hydroxyl groups is 1. The van der Waals surface area contributed by atoms with Crippen molar-refractivity contribution in [2.75, 3.05) is 18.8 Å². The Bertz CT molecular complexity index is 509. The second-order valence-corrected chi connectivity index (χ2v) is 4.88. The Hall–Kier alpha value is -1.92. The van der Waals surface area contributed by atoms with Crippen molar-refractivity contribution in [1.82, 2.24) is 4.90 Å². The molecule has 0 aromatic heterocycles. The van der Waals surface area contributed by atoms with Crippen molar-refractivity contribution in [2.45, 2.75) is 19.0 Å².